The van der Waals surface area contributed by atoms with Gasteiger partial charge in [0.05, 0.1) is 43.2 Å². The summed E-state index contributed by atoms with van der Waals surface area (Å²) < 4.78 is 44.8. The number of allylic oxidation sites excluding steroid dienone is 2. The Hall–Kier alpha value is -2.74. The minimum atomic E-state index is -1.85. The van der Waals surface area contributed by atoms with Crippen LogP contribution in [0.5, 0.6) is 0 Å². The Morgan fingerprint density at radius 1 is 1.11 bits per heavy atom. The van der Waals surface area contributed by atoms with Crippen molar-refractivity contribution in [3.05, 3.63) is 59.3 Å². The SMILES string of the molecule is CCC(C)[C@H]1O[C@]2(C=C[C@@H]1C)C[C@@H]1C[C@@H](CC=C(C)[C@@H](O[C@H]3C[C@H](OC)[C@](C#N)(N(C)O)[C@H](C)O3)[C@@H](C)C=CC=C3COC4[C@H](O)C(C)=C[C@@H](C(=O)O1)[C@]34O)O2. The fourth-order valence-electron chi connectivity index (χ4n) is 9.61. The van der Waals surface area contributed by atoms with Crippen molar-refractivity contribution >= 4 is 5.97 Å². The summed E-state index contributed by atoms with van der Waals surface area (Å²) in [6.07, 6.45) is 9.52. The maximum absolute atomic E-state index is 14.3. The minimum Gasteiger partial charge on any atom is -0.462 e. The number of nitrogens with zero attached hydrogens (tertiary/aromatic N) is 2. The summed E-state index contributed by atoms with van der Waals surface area (Å²) >= 11 is 0. The van der Waals surface area contributed by atoms with Gasteiger partial charge in [-0.2, -0.15) is 10.3 Å². The summed E-state index contributed by atoms with van der Waals surface area (Å²) in [6, 6.07) is 2.21. The van der Waals surface area contributed by atoms with E-state index in [4.69, 9.17) is 33.2 Å². The maximum atomic E-state index is 14.3. The molecule has 2 unspecified atom stereocenters. The summed E-state index contributed by atoms with van der Waals surface area (Å²) in [5.41, 5.74) is -1.40. The van der Waals surface area contributed by atoms with Gasteiger partial charge in [0, 0.05) is 45.3 Å². The molecule has 56 heavy (non-hydrogen) atoms. The van der Waals surface area contributed by atoms with Crippen LogP contribution in [0, 0.1) is 35.0 Å². The second-order valence-electron chi connectivity index (χ2n) is 16.9. The zero-order chi connectivity index (χ0) is 40.7. The Kier molecular flexibility index (Phi) is 12.9. The molecule has 0 aromatic carbocycles. The molecule has 3 saturated heterocycles. The number of fused-ring (bicyclic) bond motifs is 2. The number of carbonyl (C=O) groups is 1. The van der Waals surface area contributed by atoms with Gasteiger partial charge in [-0.05, 0) is 55.9 Å². The van der Waals surface area contributed by atoms with Gasteiger partial charge >= 0.3 is 5.97 Å². The van der Waals surface area contributed by atoms with Gasteiger partial charge in [0.15, 0.2) is 17.6 Å². The topological polar surface area (TPSA) is 169 Å². The van der Waals surface area contributed by atoms with Crippen molar-refractivity contribution in [1.29, 1.82) is 5.26 Å². The number of likely N-dealkylation sites (N-methyl/N-ethyl adjacent to an activating group) is 1. The number of hydrogen-bond donors (Lipinski definition) is 3. The maximum Gasteiger partial charge on any atom is 0.316 e. The fourth-order valence-corrected chi connectivity index (χ4v) is 9.61. The van der Waals surface area contributed by atoms with Crippen LogP contribution in [-0.2, 0) is 38.0 Å². The van der Waals surface area contributed by atoms with E-state index in [9.17, 15) is 25.5 Å². The summed E-state index contributed by atoms with van der Waals surface area (Å²) in [7, 11) is 2.92. The minimum absolute atomic E-state index is 0.0170. The second-order valence-corrected chi connectivity index (χ2v) is 16.9. The zero-order valence-corrected chi connectivity index (χ0v) is 34.3. The number of esters is 1. The summed E-state index contributed by atoms with van der Waals surface area (Å²) in [6.45, 7) is 13.9. The summed E-state index contributed by atoms with van der Waals surface area (Å²) in [5.74, 6) is -2.65. The molecule has 3 fully saturated rings. The van der Waals surface area contributed by atoms with Crippen LogP contribution < -0.4 is 0 Å². The first kappa shape index (κ1) is 42.9. The van der Waals surface area contributed by atoms with Gasteiger partial charge in [-0.1, -0.05) is 70.6 Å². The number of rotatable bonds is 6. The average Bonchev–Trinajstić information content (AvgIpc) is 3.50. The lowest BCUT2D eigenvalue weighted by atomic mass is 9.71. The first-order valence-corrected chi connectivity index (χ1v) is 20.2. The molecule has 13 heteroatoms. The number of carbonyl (C=O) groups excluding carboxylic acids is 1. The Morgan fingerprint density at radius 2 is 1.86 bits per heavy atom. The number of aliphatic hydroxyl groups is 2. The van der Waals surface area contributed by atoms with Crippen LogP contribution >= 0.6 is 0 Å². The van der Waals surface area contributed by atoms with E-state index < -0.39 is 77.8 Å². The van der Waals surface area contributed by atoms with E-state index in [1.54, 1.807) is 26.0 Å². The van der Waals surface area contributed by atoms with Gasteiger partial charge in [-0.3, -0.25) is 4.79 Å². The molecule has 6 rings (SSSR count). The molecule has 0 radical (unpaired) electrons. The fraction of sp³-hybridized carbons (Fsp3) is 0.721. The van der Waals surface area contributed by atoms with Gasteiger partial charge in [-0.25, -0.2) is 0 Å². The first-order chi connectivity index (χ1) is 26.5. The van der Waals surface area contributed by atoms with E-state index in [0.29, 0.717) is 24.0 Å². The second kappa shape index (κ2) is 16.9. The molecule has 0 saturated carbocycles. The molecule has 310 valence electrons. The van der Waals surface area contributed by atoms with Crippen molar-refractivity contribution in [3.63, 3.8) is 0 Å². The Bertz CT molecular complexity index is 1650. The van der Waals surface area contributed by atoms with Crippen molar-refractivity contribution in [2.75, 3.05) is 20.8 Å². The Morgan fingerprint density at radius 3 is 2.54 bits per heavy atom. The number of hydrogen-bond acceptors (Lipinski definition) is 13. The average molecular weight is 783 g/mol. The van der Waals surface area contributed by atoms with Gasteiger partial charge in [0.1, 0.15) is 29.8 Å². The largest absolute Gasteiger partial charge is 0.462 e. The van der Waals surface area contributed by atoms with Crippen molar-refractivity contribution < 1.29 is 53.4 Å². The monoisotopic (exact) mass is 782 g/mol. The smallest absolute Gasteiger partial charge is 0.316 e. The Labute approximate surface area is 331 Å². The third kappa shape index (κ3) is 7.75. The van der Waals surface area contributed by atoms with Crippen molar-refractivity contribution in [3.8, 4) is 6.07 Å². The van der Waals surface area contributed by atoms with Gasteiger partial charge < -0.3 is 48.6 Å². The number of ether oxygens (including phenoxy) is 7. The molecule has 13 nitrogen and oxygen atoms in total. The lowest BCUT2D eigenvalue weighted by Gasteiger charge is -2.48. The molecule has 0 aromatic rings. The molecule has 1 spiro atoms. The molecule has 0 aromatic heterocycles. The zero-order valence-electron chi connectivity index (χ0n) is 34.3. The molecule has 2 bridgehead atoms. The molecule has 5 heterocycles. The molecule has 0 amide bonds. The lowest BCUT2D eigenvalue weighted by Crippen LogP contribution is -2.65. The van der Waals surface area contributed by atoms with E-state index in [1.165, 1.54) is 14.2 Å². The normalized spacial score (nSPS) is 45.0. The predicted octanol–water partition coefficient (Wildman–Crippen LogP) is 5.06. The Balaban J connectivity index is 1.39. The molecular weight excluding hydrogens is 720 g/mol. The molecular formula is C43H62N2O11. The third-order valence-electron chi connectivity index (χ3n) is 13.2. The van der Waals surface area contributed by atoms with Crippen molar-refractivity contribution in [2.24, 2.45) is 23.7 Å². The van der Waals surface area contributed by atoms with Crippen LogP contribution in [0.15, 0.2) is 59.3 Å². The molecule has 3 N–H and O–H groups in total. The van der Waals surface area contributed by atoms with Gasteiger partial charge in [0.25, 0.3) is 0 Å². The van der Waals surface area contributed by atoms with Gasteiger partial charge in [0.2, 0.25) is 0 Å². The van der Waals surface area contributed by atoms with E-state index in [-0.39, 0.29) is 43.3 Å². The summed E-state index contributed by atoms with van der Waals surface area (Å²) in [4.78, 5) is 14.3. The highest BCUT2D eigenvalue weighted by molar-refractivity contribution is 5.78. The number of hydroxylamine groups is 2. The standard InChI is InChI=1S/C43H62N2O11/c1-10-24(2)38-27(5)16-17-41(56-38)21-32-19-31(55-41)15-14-26(4)37(54-35-20-34(50-9)42(23-44,45(8)49)29(7)52-35)25(3)12-11-13-30-22-51-39-36(46)28(6)18-33(40(47)53-32)43(30,39)48/h11-14,16-18,24-25,27,29,31-39,46,48-49H,10,15,19-22H2,1-9H3/t24?,25-,27-,29-,31+,32-,33-,34-,35-,36+,37-,38+,39?,41+,42+,43+/m0/s1. The van der Waals surface area contributed by atoms with Crippen LogP contribution in [0.1, 0.15) is 80.6 Å². The highest BCUT2D eigenvalue weighted by atomic mass is 16.7. The van der Waals surface area contributed by atoms with E-state index in [0.717, 1.165) is 17.1 Å². The van der Waals surface area contributed by atoms with E-state index >= 15 is 0 Å². The van der Waals surface area contributed by atoms with Crippen molar-refractivity contribution in [1.82, 2.24) is 5.06 Å². The predicted molar refractivity (Wildman–Crippen MR) is 205 cm³/mol. The molecule has 6 aliphatic rings. The highest BCUT2D eigenvalue weighted by Gasteiger charge is 2.60. The van der Waals surface area contributed by atoms with Crippen LogP contribution in [0.3, 0.4) is 0 Å². The van der Waals surface area contributed by atoms with E-state index in [2.05, 4.69) is 39.0 Å². The number of aliphatic hydroxyl groups excluding tert-OH is 1. The third-order valence-corrected chi connectivity index (χ3v) is 13.2. The molecule has 5 aliphatic heterocycles. The highest BCUT2D eigenvalue weighted by Crippen LogP contribution is 2.47. The molecule has 1 aliphatic carbocycles. The lowest BCUT2D eigenvalue weighted by molar-refractivity contribution is -0.300. The van der Waals surface area contributed by atoms with Crippen LogP contribution in [-0.4, -0.2) is 119 Å². The van der Waals surface area contributed by atoms with Crippen molar-refractivity contribution in [2.45, 2.75) is 153 Å². The van der Waals surface area contributed by atoms with Crippen LogP contribution in [0.25, 0.3) is 0 Å². The van der Waals surface area contributed by atoms with E-state index in [1.807, 2.05) is 32.1 Å². The van der Waals surface area contributed by atoms with Gasteiger partial charge in [-0.15, -0.1) is 0 Å². The molecule has 16 atom stereocenters. The quantitative estimate of drug-likeness (QED) is 0.186. The van der Waals surface area contributed by atoms with Crippen LogP contribution in [0.2, 0.25) is 0 Å². The number of methoxy groups -OCH3 is 1. The first-order valence-electron chi connectivity index (χ1n) is 20.2. The summed E-state index contributed by atoms with van der Waals surface area (Å²) in [5, 5.41) is 45.1. The van der Waals surface area contributed by atoms with Crippen LogP contribution in [0.4, 0.5) is 0 Å². The number of nitriles is 1.